The highest BCUT2D eigenvalue weighted by Gasteiger charge is 2.33. The fourth-order valence-electron chi connectivity index (χ4n) is 3.31. The third-order valence-electron chi connectivity index (χ3n) is 4.54. The number of barbiturate groups is 1. The van der Waals surface area contributed by atoms with Crippen LogP contribution in [0.2, 0.25) is 0 Å². The molecule has 0 aliphatic carbocycles. The Bertz CT molecular complexity index is 962. The topological polar surface area (TPSA) is 71.4 Å². The van der Waals surface area contributed by atoms with Gasteiger partial charge >= 0.3 is 6.03 Å². The van der Waals surface area contributed by atoms with Crippen molar-refractivity contribution in [3.63, 3.8) is 0 Å². The maximum Gasteiger partial charge on any atom is 0.331 e. The maximum absolute atomic E-state index is 12.3. The van der Waals surface area contributed by atoms with Gasteiger partial charge in [-0.3, -0.25) is 19.8 Å². The molecule has 4 amide bonds. The van der Waals surface area contributed by atoms with Crippen molar-refractivity contribution in [3.8, 4) is 5.69 Å². The van der Waals surface area contributed by atoms with Crippen LogP contribution in [0.3, 0.4) is 0 Å². The number of aryl methyl sites for hydroxylation is 3. The van der Waals surface area contributed by atoms with Crippen molar-refractivity contribution in [3.05, 3.63) is 57.9 Å². The van der Waals surface area contributed by atoms with E-state index in [2.05, 4.69) is 28.1 Å². The highest BCUT2D eigenvalue weighted by molar-refractivity contribution is 6.30. The van der Waals surface area contributed by atoms with Crippen molar-refractivity contribution in [1.82, 2.24) is 14.8 Å². The van der Waals surface area contributed by atoms with Crippen molar-refractivity contribution in [2.45, 2.75) is 27.7 Å². The molecule has 2 aromatic rings. The normalized spacial score (nSPS) is 16.4. The maximum atomic E-state index is 12.3. The highest BCUT2D eigenvalue weighted by Crippen LogP contribution is 2.25. The highest BCUT2D eigenvalue weighted by atomic mass is 16.2. The summed E-state index contributed by atoms with van der Waals surface area (Å²) in [5.41, 5.74) is 5.99. The third kappa shape index (κ3) is 2.94. The molecule has 26 heavy (non-hydrogen) atoms. The molecule has 6 heteroatoms. The van der Waals surface area contributed by atoms with E-state index in [0.29, 0.717) is 0 Å². The molecule has 1 saturated heterocycles. The van der Waals surface area contributed by atoms with Crippen LogP contribution in [0.25, 0.3) is 11.8 Å². The van der Waals surface area contributed by atoms with Gasteiger partial charge in [0.1, 0.15) is 5.57 Å². The molecule has 0 saturated carbocycles. The summed E-state index contributed by atoms with van der Waals surface area (Å²) in [5, 5.41) is 2.17. The predicted molar refractivity (Wildman–Crippen MR) is 99.0 cm³/mol. The Morgan fingerprint density at radius 2 is 1.54 bits per heavy atom. The van der Waals surface area contributed by atoms with Crippen molar-refractivity contribution in [1.29, 1.82) is 0 Å². The molecule has 1 N–H and O–H groups in total. The summed E-state index contributed by atoms with van der Waals surface area (Å²) < 4.78 is 2.09. The Labute approximate surface area is 152 Å². The number of carbonyl (C=O) groups is 3. The lowest BCUT2D eigenvalue weighted by molar-refractivity contribution is -0.129. The molecule has 0 atom stereocenters. The van der Waals surface area contributed by atoms with E-state index in [9.17, 15) is 14.4 Å². The summed E-state index contributed by atoms with van der Waals surface area (Å²) in [6, 6.07) is 7.51. The SMILES string of the molecule is Cc1cc(C)cc(-n2c(C)cc(C=C3C(=O)NC(=O)N(C)C3=O)c2C)c1. The van der Waals surface area contributed by atoms with E-state index in [1.54, 1.807) is 6.08 Å². The van der Waals surface area contributed by atoms with Crippen LogP contribution in [0, 0.1) is 27.7 Å². The Morgan fingerprint density at radius 3 is 2.15 bits per heavy atom. The van der Waals surface area contributed by atoms with Gasteiger partial charge in [-0.15, -0.1) is 0 Å². The summed E-state index contributed by atoms with van der Waals surface area (Å²) in [6.45, 7) is 8.01. The average molecular weight is 351 g/mol. The first-order valence-electron chi connectivity index (χ1n) is 8.31. The first-order valence-corrected chi connectivity index (χ1v) is 8.31. The second-order valence-corrected chi connectivity index (χ2v) is 6.69. The largest absolute Gasteiger partial charge is 0.331 e. The van der Waals surface area contributed by atoms with Crippen LogP contribution in [-0.2, 0) is 9.59 Å². The molecule has 0 spiro atoms. The number of carbonyl (C=O) groups excluding carboxylic acids is 3. The van der Waals surface area contributed by atoms with Crippen molar-refractivity contribution < 1.29 is 14.4 Å². The summed E-state index contributed by atoms with van der Waals surface area (Å²) in [6.07, 6.45) is 1.54. The molecule has 3 rings (SSSR count). The monoisotopic (exact) mass is 351 g/mol. The number of hydrogen-bond donors (Lipinski definition) is 1. The number of aromatic nitrogens is 1. The van der Waals surface area contributed by atoms with Crippen LogP contribution in [0.5, 0.6) is 0 Å². The van der Waals surface area contributed by atoms with Gasteiger partial charge in [0.2, 0.25) is 0 Å². The average Bonchev–Trinajstić information content (AvgIpc) is 2.82. The van der Waals surface area contributed by atoms with Gasteiger partial charge in [-0.25, -0.2) is 4.79 Å². The lowest BCUT2D eigenvalue weighted by Crippen LogP contribution is -2.52. The molecule has 1 aromatic heterocycles. The zero-order valence-electron chi connectivity index (χ0n) is 15.5. The molecule has 1 aliphatic rings. The number of likely N-dealkylation sites (N-methyl/N-ethyl adjacent to an activating group) is 1. The third-order valence-corrected chi connectivity index (χ3v) is 4.54. The molecule has 134 valence electrons. The van der Waals surface area contributed by atoms with Gasteiger partial charge < -0.3 is 4.57 Å². The summed E-state index contributed by atoms with van der Waals surface area (Å²) >= 11 is 0. The Balaban J connectivity index is 2.10. The van der Waals surface area contributed by atoms with Gasteiger partial charge in [-0.2, -0.15) is 0 Å². The van der Waals surface area contributed by atoms with Crippen LogP contribution in [0.1, 0.15) is 28.1 Å². The van der Waals surface area contributed by atoms with Crippen molar-refractivity contribution in [2.75, 3.05) is 7.05 Å². The quantitative estimate of drug-likeness (QED) is 0.668. The van der Waals surface area contributed by atoms with E-state index in [1.165, 1.54) is 7.05 Å². The standard InChI is InChI=1S/C20H21N3O3/c1-11-6-12(2)8-16(7-11)23-13(3)9-15(14(23)4)10-17-18(24)21-20(26)22(5)19(17)25/h6-10H,1-5H3,(H,21,24,26). The number of imide groups is 2. The molecule has 2 heterocycles. The van der Waals surface area contributed by atoms with Crippen LogP contribution in [0.15, 0.2) is 29.8 Å². The van der Waals surface area contributed by atoms with Gasteiger partial charge in [0, 0.05) is 24.1 Å². The molecular formula is C20H21N3O3. The number of amides is 4. The summed E-state index contributed by atoms with van der Waals surface area (Å²) in [4.78, 5) is 36.8. The van der Waals surface area contributed by atoms with Crippen LogP contribution in [0.4, 0.5) is 4.79 Å². The smallest absolute Gasteiger partial charge is 0.318 e. The molecular weight excluding hydrogens is 330 g/mol. The van der Waals surface area contributed by atoms with E-state index in [4.69, 9.17) is 0 Å². The first-order chi connectivity index (χ1) is 12.2. The van der Waals surface area contributed by atoms with E-state index >= 15 is 0 Å². The zero-order chi connectivity index (χ0) is 19.2. The van der Waals surface area contributed by atoms with E-state index in [-0.39, 0.29) is 5.57 Å². The summed E-state index contributed by atoms with van der Waals surface area (Å²) in [5.74, 6) is -1.27. The van der Waals surface area contributed by atoms with E-state index < -0.39 is 17.8 Å². The fraction of sp³-hybridized carbons (Fsp3) is 0.250. The lowest BCUT2D eigenvalue weighted by atomic mass is 10.1. The Morgan fingerprint density at radius 1 is 0.923 bits per heavy atom. The number of nitrogens with one attached hydrogen (secondary N) is 1. The van der Waals surface area contributed by atoms with Crippen molar-refractivity contribution in [2.24, 2.45) is 0 Å². The number of nitrogens with zero attached hydrogens (tertiary/aromatic N) is 2. The first kappa shape index (κ1) is 17.7. The fourth-order valence-corrected chi connectivity index (χ4v) is 3.31. The molecule has 1 fully saturated rings. The molecule has 0 unspecified atom stereocenters. The second kappa shape index (κ2) is 6.29. The Kier molecular flexibility index (Phi) is 4.28. The minimum absolute atomic E-state index is 0.0484. The molecule has 1 aliphatic heterocycles. The minimum atomic E-state index is -0.710. The molecule has 0 bridgehead atoms. The van der Waals surface area contributed by atoms with Crippen LogP contribution < -0.4 is 5.32 Å². The van der Waals surface area contributed by atoms with E-state index in [1.807, 2.05) is 33.8 Å². The van der Waals surface area contributed by atoms with Gasteiger partial charge in [0.05, 0.1) is 0 Å². The van der Waals surface area contributed by atoms with Crippen molar-refractivity contribution >= 4 is 23.9 Å². The Hall–Kier alpha value is -3.15. The number of benzene rings is 1. The number of urea groups is 1. The molecule has 6 nitrogen and oxygen atoms in total. The number of hydrogen-bond acceptors (Lipinski definition) is 3. The zero-order valence-corrected chi connectivity index (χ0v) is 15.5. The molecule has 0 radical (unpaired) electrons. The van der Waals surface area contributed by atoms with Gasteiger partial charge in [0.15, 0.2) is 0 Å². The van der Waals surface area contributed by atoms with Gasteiger partial charge in [-0.1, -0.05) is 6.07 Å². The van der Waals surface area contributed by atoms with Crippen LogP contribution >= 0.6 is 0 Å². The van der Waals surface area contributed by atoms with E-state index in [0.717, 1.165) is 38.7 Å². The van der Waals surface area contributed by atoms with Gasteiger partial charge in [-0.05, 0) is 68.7 Å². The lowest BCUT2D eigenvalue weighted by Gasteiger charge is -2.22. The summed E-state index contributed by atoms with van der Waals surface area (Å²) in [7, 11) is 1.34. The predicted octanol–water partition coefficient (Wildman–Crippen LogP) is 2.80. The van der Waals surface area contributed by atoms with Crippen LogP contribution in [-0.4, -0.2) is 34.4 Å². The second-order valence-electron chi connectivity index (χ2n) is 6.69. The molecule has 1 aromatic carbocycles. The minimum Gasteiger partial charge on any atom is -0.318 e. The number of rotatable bonds is 2. The van der Waals surface area contributed by atoms with Gasteiger partial charge in [0.25, 0.3) is 11.8 Å².